The minimum absolute atomic E-state index is 0.0744. The van der Waals surface area contributed by atoms with E-state index < -0.39 is 16.5 Å². The maximum absolute atomic E-state index is 9.56. The molecule has 0 aliphatic carbocycles. The first-order valence-electron chi connectivity index (χ1n) is 7.54. The molecule has 1 aromatic rings. The fraction of sp³-hybridized carbons (Fsp3) is 0.529. The number of ether oxygens (including phenoxy) is 1. The highest BCUT2D eigenvalue weighted by molar-refractivity contribution is 9.10. The minimum atomic E-state index is -0.637. The second-order valence-electron chi connectivity index (χ2n) is 5.66. The predicted octanol–water partition coefficient (Wildman–Crippen LogP) is 1.68. The summed E-state index contributed by atoms with van der Waals surface area (Å²) < 4.78 is 4.86. The summed E-state index contributed by atoms with van der Waals surface area (Å²) in [5, 5.41) is 18.3. The van der Waals surface area contributed by atoms with Crippen molar-refractivity contribution in [2.75, 3.05) is 12.3 Å². The number of anilines is 1. The Morgan fingerprint density at radius 3 is 2.54 bits per heavy atom. The summed E-state index contributed by atoms with van der Waals surface area (Å²) in [6.07, 6.45) is 7.41. The molecule has 0 spiro atoms. The lowest BCUT2D eigenvalue weighted by molar-refractivity contribution is -0.0170. The van der Waals surface area contributed by atoms with Crippen LogP contribution < -0.4 is 5.73 Å². The molecule has 1 saturated heterocycles. The highest BCUT2D eigenvalue weighted by Crippen LogP contribution is 2.37. The lowest BCUT2D eigenvalue weighted by Crippen LogP contribution is -2.39. The monoisotopic (exact) mass is 397 g/mol. The number of aliphatic hydroxyl groups is 2. The molecule has 4 N–H and O–H groups in total. The second-order valence-corrected chi connectivity index (χ2v) is 7.37. The fourth-order valence-electron chi connectivity index (χ4n) is 2.34. The van der Waals surface area contributed by atoms with Gasteiger partial charge >= 0.3 is 0 Å². The van der Waals surface area contributed by atoms with E-state index >= 15 is 0 Å². The number of allylic oxidation sites excluding steroid dienone is 2. The Hall–Kier alpha value is -1.46. The van der Waals surface area contributed by atoms with E-state index in [0.717, 1.165) is 16.8 Å². The Kier molecular flexibility index (Phi) is 7.36. The molecule has 0 aromatic carbocycles. The van der Waals surface area contributed by atoms with Gasteiger partial charge in [0, 0.05) is 5.57 Å². The van der Waals surface area contributed by atoms with Crippen LogP contribution in [0.2, 0.25) is 0 Å². The van der Waals surface area contributed by atoms with Crippen LogP contribution in [0.4, 0.5) is 5.82 Å². The molecule has 1 fully saturated rings. The van der Waals surface area contributed by atoms with E-state index in [4.69, 9.17) is 22.0 Å². The Morgan fingerprint density at radius 2 is 2.21 bits per heavy atom. The first-order chi connectivity index (χ1) is 11.2. The van der Waals surface area contributed by atoms with Crippen molar-refractivity contribution < 1.29 is 14.9 Å². The Balaban J connectivity index is 0.000000243. The van der Waals surface area contributed by atoms with Gasteiger partial charge in [0.05, 0.1) is 34.4 Å². The van der Waals surface area contributed by atoms with Crippen LogP contribution in [0.5, 0.6) is 0 Å². The van der Waals surface area contributed by atoms with Crippen LogP contribution in [-0.2, 0) is 4.74 Å². The lowest BCUT2D eigenvalue weighted by atomic mass is 9.99. The van der Waals surface area contributed by atoms with E-state index in [1.807, 2.05) is 33.8 Å². The fourth-order valence-corrected chi connectivity index (χ4v) is 2.74. The molecule has 4 atom stereocenters. The molecule has 1 aliphatic heterocycles. The molecular weight excluding hydrogens is 374 g/mol. The molecule has 1 aliphatic rings. The number of halogens is 1. The summed E-state index contributed by atoms with van der Waals surface area (Å²) in [4.78, 5) is 7.92. The summed E-state index contributed by atoms with van der Waals surface area (Å²) >= 11 is 3.37. The maximum Gasteiger partial charge on any atom is 0.135 e. The van der Waals surface area contributed by atoms with Crippen molar-refractivity contribution in [2.24, 2.45) is 0 Å². The van der Waals surface area contributed by atoms with Gasteiger partial charge in [-0.1, -0.05) is 27.9 Å². The summed E-state index contributed by atoms with van der Waals surface area (Å²) in [7, 11) is 0. The Bertz CT molecular complexity index is 620. The molecule has 2 heterocycles. The van der Waals surface area contributed by atoms with Crippen LogP contribution in [-0.4, -0.2) is 49.4 Å². The first-order valence-corrected chi connectivity index (χ1v) is 8.33. The largest absolute Gasteiger partial charge is 0.394 e. The zero-order valence-electron chi connectivity index (χ0n) is 14.3. The molecule has 6 nitrogen and oxygen atoms in total. The van der Waals surface area contributed by atoms with Gasteiger partial charge in [0.15, 0.2) is 0 Å². The van der Waals surface area contributed by atoms with Crippen molar-refractivity contribution in [1.29, 1.82) is 0 Å². The molecule has 0 radical (unpaired) electrons. The van der Waals surface area contributed by atoms with Gasteiger partial charge in [0.2, 0.25) is 0 Å². The molecule has 0 bridgehead atoms. The van der Waals surface area contributed by atoms with Gasteiger partial charge in [-0.25, -0.2) is 9.97 Å². The Morgan fingerprint density at radius 1 is 1.58 bits per heavy atom. The summed E-state index contributed by atoms with van der Waals surface area (Å²) in [6, 6.07) is 0. The molecular formula is C17H24BrN3O3. The zero-order valence-corrected chi connectivity index (χ0v) is 15.9. The van der Waals surface area contributed by atoms with E-state index in [1.165, 1.54) is 6.33 Å². The number of aryl methyl sites for hydroxylation is 1. The lowest BCUT2D eigenvalue weighted by Gasteiger charge is -2.22. The van der Waals surface area contributed by atoms with E-state index in [9.17, 15) is 5.11 Å². The normalized spacial score (nSPS) is 29.6. The number of alkyl halides is 1. The number of hydrogen-bond acceptors (Lipinski definition) is 6. The second kappa shape index (κ2) is 8.58. The summed E-state index contributed by atoms with van der Waals surface area (Å²) in [5.41, 5.74) is 7.98. The van der Waals surface area contributed by atoms with Crippen LogP contribution in [0.3, 0.4) is 0 Å². The molecule has 24 heavy (non-hydrogen) atoms. The van der Waals surface area contributed by atoms with Crippen molar-refractivity contribution >= 4 is 27.3 Å². The van der Waals surface area contributed by atoms with Crippen LogP contribution in [0.15, 0.2) is 12.4 Å². The SMILES string of the molecule is C#C/C(=C/C)c1c(C)ncnc1N.C[C@@H]1OC(CO)C(O)[C@@]1(C)Br. The number of rotatable bonds is 2. The van der Waals surface area contributed by atoms with Gasteiger partial charge in [-0.15, -0.1) is 6.42 Å². The van der Waals surface area contributed by atoms with E-state index in [-0.39, 0.29) is 12.7 Å². The number of aliphatic hydroxyl groups excluding tert-OH is 2. The molecule has 2 unspecified atom stereocenters. The standard InChI is InChI=1S/C10H11N3.C7H13BrO3/c1-4-8(5-2)9-7(3)12-6-13-10(9)11;1-4-7(2,8)6(10)5(3-9)11-4/h1,5-6H,2-3H3,(H2,11,12,13);4-6,9-10H,3H2,1-2H3/b8-5-;/t;4-,5?,6?,7-/m.0/s1. The van der Waals surface area contributed by atoms with Crippen molar-refractivity contribution in [3.63, 3.8) is 0 Å². The van der Waals surface area contributed by atoms with Crippen molar-refractivity contribution in [2.45, 2.75) is 50.3 Å². The smallest absolute Gasteiger partial charge is 0.135 e. The van der Waals surface area contributed by atoms with Crippen molar-refractivity contribution in [3.8, 4) is 12.3 Å². The van der Waals surface area contributed by atoms with E-state index in [1.54, 1.807) is 0 Å². The van der Waals surface area contributed by atoms with Gasteiger partial charge in [-0.3, -0.25) is 0 Å². The van der Waals surface area contributed by atoms with Crippen LogP contribution in [0, 0.1) is 19.3 Å². The number of hydrogen-bond donors (Lipinski definition) is 3. The molecule has 7 heteroatoms. The third kappa shape index (κ3) is 4.33. The average molecular weight is 398 g/mol. The van der Waals surface area contributed by atoms with Gasteiger partial charge in [-0.05, 0) is 27.7 Å². The average Bonchev–Trinajstić information content (AvgIpc) is 2.74. The molecule has 0 amide bonds. The van der Waals surface area contributed by atoms with E-state index in [2.05, 4.69) is 31.8 Å². The highest BCUT2D eigenvalue weighted by Gasteiger charge is 2.48. The minimum Gasteiger partial charge on any atom is -0.394 e. The number of terminal acetylenes is 1. The molecule has 2 rings (SSSR count). The van der Waals surface area contributed by atoms with Gasteiger partial charge < -0.3 is 20.7 Å². The van der Waals surface area contributed by atoms with Gasteiger partial charge in [0.1, 0.15) is 18.2 Å². The third-order valence-electron chi connectivity index (χ3n) is 4.06. The first kappa shape index (κ1) is 20.6. The summed E-state index contributed by atoms with van der Waals surface area (Å²) in [6.45, 7) is 7.31. The number of aromatic nitrogens is 2. The molecule has 132 valence electrons. The number of nitrogen functional groups attached to an aromatic ring is 1. The van der Waals surface area contributed by atoms with Crippen LogP contribution >= 0.6 is 15.9 Å². The molecule has 1 aromatic heterocycles. The van der Waals surface area contributed by atoms with Crippen LogP contribution in [0.25, 0.3) is 5.57 Å². The molecule has 0 saturated carbocycles. The van der Waals surface area contributed by atoms with Gasteiger partial charge in [0.25, 0.3) is 0 Å². The predicted molar refractivity (Wildman–Crippen MR) is 98.4 cm³/mol. The quantitative estimate of drug-likeness (QED) is 0.518. The zero-order chi connectivity index (χ0) is 18.5. The van der Waals surface area contributed by atoms with Crippen LogP contribution in [0.1, 0.15) is 32.0 Å². The van der Waals surface area contributed by atoms with E-state index in [0.29, 0.717) is 5.82 Å². The Labute approximate surface area is 151 Å². The maximum atomic E-state index is 9.56. The number of nitrogens with zero attached hydrogens (tertiary/aromatic N) is 2. The van der Waals surface area contributed by atoms with Crippen molar-refractivity contribution in [3.05, 3.63) is 23.7 Å². The van der Waals surface area contributed by atoms with Crippen molar-refractivity contribution in [1.82, 2.24) is 9.97 Å². The van der Waals surface area contributed by atoms with Gasteiger partial charge in [-0.2, -0.15) is 0 Å². The topological polar surface area (TPSA) is 101 Å². The highest BCUT2D eigenvalue weighted by atomic mass is 79.9. The third-order valence-corrected chi connectivity index (χ3v) is 5.18. The summed E-state index contributed by atoms with van der Waals surface area (Å²) in [5.74, 6) is 2.98. The number of nitrogens with two attached hydrogens (primary N) is 1.